The molecule has 1 amide bonds. The first kappa shape index (κ1) is 7.86. The van der Waals surface area contributed by atoms with Crippen molar-refractivity contribution in [2.45, 2.75) is 12.0 Å². The Kier molecular flexibility index (Phi) is 1.54. The van der Waals surface area contributed by atoms with E-state index in [2.05, 4.69) is 11.9 Å². The molecule has 12 heavy (non-hydrogen) atoms. The number of nitrogens with zero attached hydrogens (tertiary/aromatic N) is 2. The van der Waals surface area contributed by atoms with Gasteiger partial charge < -0.3 is 14.5 Å². The highest BCUT2D eigenvalue weighted by molar-refractivity contribution is 5.70. The van der Waals surface area contributed by atoms with Gasteiger partial charge in [0.1, 0.15) is 5.60 Å². The van der Waals surface area contributed by atoms with E-state index in [1.165, 1.54) is 0 Å². The number of amides is 1. The van der Waals surface area contributed by atoms with E-state index in [1.807, 2.05) is 0 Å². The molecule has 4 nitrogen and oxygen atoms in total. The van der Waals surface area contributed by atoms with Crippen molar-refractivity contribution < 1.29 is 9.53 Å². The van der Waals surface area contributed by atoms with Crippen LogP contribution >= 0.6 is 0 Å². The molecule has 0 N–H and O–H groups in total. The Hall–Kier alpha value is -0.770. The number of likely N-dealkylation sites (tertiary alicyclic amines) is 1. The van der Waals surface area contributed by atoms with Crippen LogP contribution in [0.3, 0.4) is 0 Å². The summed E-state index contributed by atoms with van der Waals surface area (Å²) < 4.78 is 5.34. The number of carbonyl (C=O) groups is 1. The van der Waals surface area contributed by atoms with Gasteiger partial charge in [0.05, 0.1) is 6.54 Å². The topological polar surface area (TPSA) is 32.8 Å². The van der Waals surface area contributed by atoms with Crippen molar-refractivity contribution in [3.8, 4) is 0 Å². The van der Waals surface area contributed by atoms with Crippen molar-refractivity contribution in [2.24, 2.45) is 0 Å². The van der Waals surface area contributed by atoms with E-state index in [0.29, 0.717) is 0 Å². The third-order valence-electron chi connectivity index (χ3n) is 2.65. The summed E-state index contributed by atoms with van der Waals surface area (Å²) in [6.07, 6.45) is 0.796. The van der Waals surface area contributed by atoms with Crippen LogP contribution in [0.25, 0.3) is 0 Å². The molecule has 2 fully saturated rings. The van der Waals surface area contributed by atoms with Gasteiger partial charge >= 0.3 is 6.09 Å². The highest BCUT2D eigenvalue weighted by atomic mass is 16.6. The van der Waals surface area contributed by atoms with Crippen molar-refractivity contribution in [1.29, 1.82) is 0 Å². The van der Waals surface area contributed by atoms with Crippen LogP contribution in [0.2, 0.25) is 0 Å². The SMILES string of the molecule is CN1CCC2(C1)CN(C)C(=O)O2. The fraction of sp³-hybridized carbons (Fsp3) is 0.875. The second-order valence-corrected chi connectivity index (χ2v) is 3.89. The fourth-order valence-corrected chi connectivity index (χ4v) is 2.05. The van der Waals surface area contributed by atoms with Crippen molar-refractivity contribution in [3.63, 3.8) is 0 Å². The normalized spacial score (nSPS) is 36.5. The first-order chi connectivity index (χ1) is 5.61. The fourth-order valence-electron chi connectivity index (χ4n) is 2.05. The molecular formula is C8H14N2O2. The van der Waals surface area contributed by atoms with Crippen molar-refractivity contribution in [2.75, 3.05) is 33.7 Å². The van der Waals surface area contributed by atoms with Gasteiger partial charge in [-0.1, -0.05) is 0 Å². The van der Waals surface area contributed by atoms with Crippen LogP contribution in [0, 0.1) is 0 Å². The zero-order valence-corrected chi connectivity index (χ0v) is 7.54. The van der Waals surface area contributed by atoms with Crippen molar-refractivity contribution in [3.05, 3.63) is 0 Å². The van der Waals surface area contributed by atoms with Crippen LogP contribution in [-0.4, -0.2) is 55.2 Å². The minimum absolute atomic E-state index is 0.176. The quantitative estimate of drug-likeness (QED) is 0.518. The third-order valence-corrected chi connectivity index (χ3v) is 2.65. The summed E-state index contributed by atoms with van der Waals surface area (Å²) in [4.78, 5) is 15.0. The van der Waals surface area contributed by atoms with Gasteiger partial charge in [0.2, 0.25) is 0 Å². The molecule has 2 saturated heterocycles. The largest absolute Gasteiger partial charge is 0.439 e. The van der Waals surface area contributed by atoms with Gasteiger partial charge in [-0.25, -0.2) is 4.79 Å². The summed E-state index contributed by atoms with van der Waals surface area (Å²) in [5, 5.41) is 0. The monoisotopic (exact) mass is 170 g/mol. The Morgan fingerprint density at radius 3 is 2.58 bits per heavy atom. The lowest BCUT2D eigenvalue weighted by molar-refractivity contribution is 0.0656. The van der Waals surface area contributed by atoms with Gasteiger partial charge in [-0.2, -0.15) is 0 Å². The average molecular weight is 170 g/mol. The highest BCUT2D eigenvalue weighted by Gasteiger charge is 2.47. The maximum Gasteiger partial charge on any atom is 0.410 e. The number of hydrogen-bond acceptors (Lipinski definition) is 3. The van der Waals surface area contributed by atoms with Gasteiger partial charge in [-0.15, -0.1) is 0 Å². The Labute approximate surface area is 72.1 Å². The lowest BCUT2D eigenvalue weighted by atomic mass is 10.0. The maximum atomic E-state index is 11.1. The molecule has 1 unspecified atom stereocenters. The van der Waals surface area contributed by atoms with E-state index < -0.39 is 0 Å². The maximum absolute atomic E-state index is 11.1. The molecule has 68 valence electrons. The predicted molar refractivity (Wildman–Crippen MR) is 44.0 cm³/mol. The zero-order valence-electron chi connectivity index (χ0n) is 7.54. The number of rotatable bonds is 0. The molecule has 2 aliphatic rings. The van der Waals surface area contributed by atoms with Crippen LogP contribution in [-0.2, 0) is 4.74 Å². The standard InChI is InChI=1S/C8H14N2O2/c1-9-4-3-8(5-9)6-10(2)7(11)12-8/h3-6H2,1-2H3. The molecular weight excluding hydrogens is 156 g/mol. The Morgan fingerprint density at radius 2 is 2.17 bits per heavy atom. The minimum atomic E-state index is -0.194. The van der Waals surface area contributed by atoms with Crippen LogP contribution < -0.4 is 0 Å². The van der Waals surface area contributed by atoms with Gasteiger partial charge in [-0.3, -0.25) is 0 Å². The first-order valence-electron chi connectivity index (χ1n) is 4.24. The molecule has 1 spiro atoms. The van der Waals surface area contributed by atoms with Crippen LogP contribution in [0.4, 0.5) is 4.79 Å². The molecule has 0 saturated carbocycles. The number of carbonyl (C=O) groups excluding carboxylic acids is 1. The van der Waals surface area contributed by atoms with Crippen LogP contribution in [0.5, 0.6) is 0 Å². The lowest BCUT2D eigenvalue weighted by Crippen LogP contribution is -2.36. The zero-order chi connectivity index (χ0) is 8.77. The predicted octanol–water partition coefficient (Wildman–Crippen LogP) is 0.143. The van der Waals surface area contributed by atoms with E-state index >= 15 is 0 Å². The molecule has 0 aromatic carbocycles. The van der Waals surface area contributed by atoms with Crippen molar-refractivity contribution in [1.82, 2.24) is 9.80 Å². The van der Waals surface area contributed by atoms with Gasteiger partial charge in [0.15, 0.2) is 0 Å². The second-order valence-electron chi connectivity index (χ2n) is 3.89. The van der Waals surface area contributed by atoms with Gasteiger partial charge in [0, 0.05) is 26.6 Å². The second kappa shape index (κ2) is 2.36. The molecule has 0 radical (unpaired) electrons. The van der Waals surface area contributed by atoms with Gasteiger partial charge in [0.25, 0.3) is 0 Å². The Bertz CT molecular complexity index is 219. The molecule has 0 aliphatic carbocycles. The molecule has 2 rings (SSSR count). The molecule has 2 aliphatic heterocycles. The van der Waals surface area contributed by atoms with Crippen molar-refractivity contribution >= 4 is 6.09 Å². The molecule has 1 atom stereocenters. The van der Waals surface area contributed by atoms with Crippen LogP contribution in [0.1, 0.15) is 6.42 Å². The third kappa shape index (κ3) is 1.06. The first-order valence-corrected chi connectivity index (χ1v) is 4.24. The average Bonchev–Trinajstić information content (AvgIpc) is 2.42. The summed E-state index contributed by atoms with van der Waals surface area (Å²) >= 11 is 0. The molecule has 0 bridgehead atoms. The highest BCUT2D eigenvalue weighted by Crippen LogP contribution is 2.30. The Morgan fingerprint density at radius 1 is 1.42 bits per heavy atom. The summed E-state index contributed by atoms with van der Waals surface area (Å²) in [7, 11) is 3.84. The van der Waals surface area contributed by atoms with E-state index in [0.717, 1.165) is 26.1 Å². The minimum Gasteiger partial charge on any atom is -0.439 e. The number of hydrogen-bond donors (Lipinski definition) is 0. The van der Waals surface area contributed by atoms with Crippen LogP contribution in [0.15, 0.2) is 0 Å². The van der Waals surface area contributed by atoms with E-state index in [-0.39, 0.29) is 11.7 Å². The number of ether oxygens (including phenoxy) is 1. The Balaban J connectivity index is 2.10. The van der Waals surface area contributed by atoms with E-state index in [1.54, 1.807) is 11.9 Å². The van der Waals surface area contributed by atoms with Gasteiger partial charge in [-0.05, 0) is 7.05 Å². The summed E-state index contributed by atoms with van der Waals surface area (Å²) in [6, 6.07) is 0. The van der Waals surface area contributed by atoms with E-state index in [4.69, 9.17) is 4.74 Å². The smallest absolute Gasteiger partial charge is 0.410 e. The molecule has 2 heterocycles. The summed E-state index contributed by atoms with van der Waals surface area (Å²) in [5.74, 6) is 0. The lowest BCUT2D eigenvalue weighted by Gasteiger charge is -2.19. The molecule has 0 aromatic heterocycles. The van der Waals surface area contributed by atoms with E-state index in [9.17, 15) is 4.79 Å². The summed E-state index contributed by atoms with van der Waals surface area (Å²) in [6.45, 7) is 2.65. The number of likely N-dealkylation sites (N-methyl/N-ethyl adjacent to an activating group) is 2. The molecule has 0 aromatic rings. The summed E-state index contributed by atoms with van der Waals surface area (Å²) in [5.41, 5.74) is -0.194. The molecule has 4 heteroatoms.